The molecule has 0 saturated carbocycles. The van der Waals surface area contributed by atoms with Crippen LogP contribution < -0.4 is 0 Å². The first kappa shape index (κ1) is 11.5. The first-order valence-corrected chi connectivity index (χ1v) is 6.00. The van der Waals surface area contributed by atoms with Crippen molar-refractivity contribution in [1.82, 2.24) is 0 Å². The number of alkyl halides is 1. The third-order valence-corrected chi connectivity index (χ3v) is 3.16. The van der Waals surface area contributed by atoms with E-state index in [0.717, 1.165) is 4.43 Å². The van der Waals surface area contributed by atoms with Gasteiger partial charge in [0.05, 0.1) is 11.2 Å². The highest BCUT2D eigenvalue weighted by atomic mass is 127. The zero-order chi connectivity index (χ0) is 10.1. The fourth-order valence-electron chi connectivity index (χ4n) is 1.13. The molecule has 0 bridgehead atoms. The lowest BCUT2D eigenvalue weighted by molar-refractivity contribution is 0.00578. The molecule has 1 heterocycles. The normalized spacial score (nSPS) is 25.8. The monoisotopic (exact) mass is 294 g/mol. The van der Waals surface area contributed by atoms with E-state index in [1.54, 1.807) is 0 Å². The Bertz CT molecular complexity index is 198. The molecular weight excluding hydrogens is 278 g/mol. The Balaban J connectivity index is 2.65. The minimum atomic E-state index is -0.215. The Morgan fingerprint density at radius 1 is 1.15 bits per heavy atom. The van der Waals surface area contributed by atoms with E-state index in [0.29, 0.717) is 0 Å². The Hall–Kier alpha value is 0.455. The SMILES string of the molecule is CC1(C)OB(/C=C/CI)OC1(C)C. The van der Waals surface area contributed by atoms with Gasteiger partial charge in [0.25, 0.3) is 0 Å². The smallest absolute Gasteiger partial charge is 0.400 e. The van der Waals surface area contributed by atoms with Crippen LogP contribution in [0.2, 0.25) is 0 Å². The van der Waals surface area contributed by atoms with Crippen LogP contribution in [-0.4, -0.2) is 22.7 Å². The molecule has 0 N–H and O–H groups in total. The molecule has 0 radical (unpaired) electrons. The maximum absolute atomic E-state index is 5.75. The van der Waals surface area contributed by atoms with Crippen LogP contribution in [0.15, 0.2) is 12.1 Å². The van der Waals surface area contributed by atoms with Gasteiger partial charge >= 0.3 is 7.12 Å². The summed E-state index contributed by atoms with van der Waals surface area (Å²) in [5, 5.41) is 0. The molecule has 13 heavy (non-hydrogen) atoms. The largest absolute Gasteiger partial charge is 0.486 e. The molecule has 2 nitrogen and oxygen atoms in total. The second-order valence-electron chi connectivity index (χ2n) is 4.21. The molecule has 4 heteroatoms. The molecule has 1 aliphatic heterocycles. The Labute approximate surface area is 94.3 Å². The second-order valence-corrected chi connectivity index (χ2v) is 5.09. The molecule has 0 amide bonds. The van der Waals surface area contributed by atoms with E-state index >= 15 is 0 Å². The van der Waals surface area contributed by atoms with Crippen molar-refractivity contribution in [3.63, 3.8) is 0 Å². The van der Waals surface area contributed by atoms with Gasteiger partial charge in [-0.2, -0.15) is 0 Å². The third-order valence-electron chi connectivity index (χ3n) is 2.65. The molecule has 0 unspecified atom stereocenters. The highest BCUT2D eigenvalue weighted by Gasteiger charge is 2.49. The van der Waals surface area contributed by atoms with Crippen molar-refractivity contribution >= 4 is 29.7 Å². The fraction of sp³-hybridized carbons (Fsp3) is 0.778. The van der Waals surface area contributed by atoms with Crippen LogP contribution in [0.1, 0.15) is 27.7 Å². The second kappa shape index (κ2) is 3.91. The van der Waals surface area contributed by atoms with Crippen LogP contribution >= 0.6 is 22.6 Å². The van der Waals surface area contributed by atoms with Gasteiger partial charge < -0.3 is 9.31 Å². The van der Waals surface area contributed by atoms with E-state index in [-0.39, 0.29) is 18.3 Å². The summed E-state index contributed by atoms with van der Waals surface area (Å²) in [7, 11) is -0.181. The Morgan fingerprint density at radius 2 is 1.62 bits per heavy atom. The zero-order valence-corrected chi connectivity index (χ0v) is 10.8. The quantitative estimate of drug-likeness (QED) is 0.443. The number of allylic oxidation sites excluding steroid dienone is 1. The highest BCUT2D eigenvalue weighted by Crippen LogP contribution is 2.36. The minimum Gasteiger partial charge on any atom is -0.400 e. The van der Waals surface area contributed by atoms with E-state index in [1.165, 1.54) is 0 Å². The Kier molecular flexibility index (Phi) is 3.46. The molecule has 1 saturated heterocycles. The molecule has 0 atom stereocenters. The van der Waals surface area contributed by atoms with E-state index in [4.69, 9.17) is 9.31 Å². The topological polar surface area (TPSA) is 18.5 Å². The summed E-state index contributed by atoms with van der Waals surface area (Å²) in [4.78, 5) is 0. The van der Waals surface area contributed by atoms with Gasteiger partial charge in [0.15, 0.2) is 0 Å². The first-order chi connectivity index (χ1) is 5.89. The standard InChI is InChI=1S/C9H16BIO2/c1-8(2)9(3,4)13-10(12-8)6-5-7-11/h5-6H,7H2,1-4H3/b6-5+. The van der Waals surface area contributed by atoms with Crippen LogP contribution in [0, 0.1) is 0 Å². The molecule has 0 aromatic heterocycles. The van der Waals surface area contributed by atoms with Crippen LogP contribution in [0.4, 0.5) is 0 Å². The molecule has 1 rings (SSSR count). The zero-order valence-electron chi connectivity index (χ0n) is 8.63. The molecule has 0 aromatic carbocycles. The first-order valence-electron chi connectivity index (χ1n) is 4.47. The van der Waals surface area contributed by atoms with Gasteiger partial charge in [-0.15, -0.1) is 0 Å². The van der Waals surface area contributed by atoms with Crippen LogP contribution in [0.25, 0.3) is 0 Å². The summed E-state index contributed by atoms with van der Waals surface area (Å²) in [6.45, 7) is 8.24. The Morgan fingerprint density at radius 3 is 2.00 bits per heavy atom. The summed E-state index contributed by atoms with van der Waals surface area (Å²) in [6.07, 6.45) is 2.06. The van der Waals surface area contributed by atoms with Crippen molar-refractivity contribution in [2.45, 2.75) is 38.9 Å². The van der Waals surface area contributed by atoms with Crippen molar-refractivity contribution in [2.24, 2.45) is 0 Å². The van der Waals surface area contributed by atoms with Gasteiger partial charge in [-0.3, -0.25) is 0 Å². The molecule has 0 aliphatic carbocycles. The van der Waals surface area contributed by atoms with Crippen molar-refractivity contribution in [3.05, 3.63) is 12.1 Å². The van der Waals surface area contributed by atoms with Gasteiger partial charge in [0.2, 0.25) is 0 Å². The van der Waals surface area contributed by atoms with Crippen LogP contribution in [-0.2, 0) is 9.31 Å². The lowest BCUT2D eigenvalue weighted by atomic mass is 9.90. The summed E-state index contributed by atoms with van der Waals surface area (Å²) >= 11 is 2.29. The summed E-state index contributed by atoms with van der Waals surface area (Å²) in [6, 6.07) is 0. The number of hydrogen-bond acceptors (Lipinski definition) is 2. The van der Waals surface area contributed by atoms with Gasteiger partial charge in [0.1, 0.15) is 0 Å². The average molecular weight is 294 g/mol. The highest BCUT2D eigenvalue weighted by molar-refractivity contribution is 14.1. The minimum absolute atomic E-state index is 0.181. The molecule has 74 valence electrons. The van der Waals surface area contributed by atoms with E-state index < -0.39 is 0 Å². The van der Waals surface area contributed by atoms with Crippen molar-refractivity contribution in [2.75, 3.05) is 4.43 Å². The molecule has 1 fully saturated rings. The van der Waals surface area contributed by atoms with Crippen molar-refractivity contribution in [3.8, 4) is 0 Å². The van der Waals surface area contributed by atoms with Crippen LogP contribution in [0.5, 0.6) is 0 Å². The van der Waals surface area contributed by atoms with Gasteiger partial charge in [-0.05, 0) is 27.7 Å². The van der Waals surface area contributed by atoms with Crippen LogP contribution in [0.3, 0.4) is 0 Å². The maximum Gasteiger partial charge on any atom is 0.486 e. The average Bonchev–Trinajstić information content (AvgIpc) is 2.17. The summed E-state index contributed by atoms with van der Waals surface area (Å²) < 4.78 is 12.5. The number of halogens is 1. The van der Waals surface area contributed by atoms with Gasteiger partial charge in [-0.1, -0.05) is 34.6 Å². The van der Waals surface area contributed by atoms with E-state index in [1.807, 2.05) is 5.98 Å². The molecule has 0 spiro atoms. The predicted molar refractivity (Wildman–Crippen MR) is 64.1 cm³/mol. The predicted octanol–water partition coefficient (Wildman–Crippen LogP) is 2.61. The molecule has 0 aromatic rings. The number of rotatable bonds is 2. The molecular formula is C9H16BIO2. The van der Waals surface area contributed by atoms with E-state index in [2.05, 4.69) is 56.4 Å². The van der Waals surface area contributed by atoms with Gasteiger partial charge in [-0.25, -0.2) is 0 Å². The lowest BCUT2D eigenvalue weighted by Gasteiger charge is -2.32. The summed E-state index contributed by atoms with van der Waals surface area (Å²) in [5.41, 5.74) is -0.430. The lowest BCUT2D eigenvalue weighted by Crippen LogP contribution is -2.41. The van der Waals surface area contributed by atoms with Gasteiger partial charge in [0, 0.05) is 4.43 Å². The maximum atomic E-state index is 5.75. The molecule has 1 aliphatic rings. The third kappa shape index (κ3) is 2.47. The van der Waals surface area contributed by atoms with Crippen molar-refractivity contribution < 1.29 is 9.31 Å². The van der Waals surface area contributed by atoms with Crippen molar-refractivity contribution in [1.29, 1.82) is 0 Å². The summed E-state index contributed by atoms with van der Waals surface area (Å²) in [5.74, 6) is 1.98. The number of hydrogen-bond donors (Lipinski definition) is 0. The fourth-order valence-corrected chi connectivity index (χ4v) is 1.42. The van der Waals surface area contributed by atoms with E-state index in [9.17, 15) is 0 Å².